The Morgan fingerprint density at radius 2 is 1.77 bits per heavy atom. The van der Waals surface area contributed by atoms with Crippen LogP contribution in [0.15, 0.2) is 90.1 Å². The van der Waals surface area contributed by atoms with Crippen LogP contribution in [0.2, 0.25) is 0 Å². The third-order valence-corrected chi connectivity index (χ3v) is 8.47. The van der Waals surface area contributed by atoms with Crippen molar-refractivity contribution in [1.29, 1.82) is 0 Å². The van der Waals surface area contributed by atoms with Crippen molar-refractivity contribution in [3.05, 3.63) is 95.6 Å². The number of nitrogens with two attached hydrogens (primary N) is 1. The van der Waals surface area contributed by atoms with Gasteiger partial charge in [0.15, 0.2) is 0 Å². The summed E-state index contributed by atoms with van der Waals surface area (Å²) < 4.78 is 0. The first-order valence-electron chi connectivity index (χ1n) is 15.2. The van der Waals surface area contributed by atoms with E-state index in [4.69, 9.17) is 5.73 Å². The number of amides is 3. The van der Waals surface area contributed by atoms with Gasteiger partial charge in [-0.3, -0.25) is 14.4 Å². The van der Waals surface area contributed by atoms with Gasteiger partial charge in [-0.2, -0.15) is 0 Å². The molecule has 2 unspecified atom stereocenters. The SMILES string of the molecule is CN1CCN(C(=O)C(c2ccccc2)N(C)C(=O)[C@@H](CC2=CC3=CC=CCC3C=C2)N(C)C(=O)/C=C/CC(C)(C)N)CC1. The second-order valence-corrected chi connectivity index (χ2v) is 12.7. The summed E-state index contributed by atoms with van der Waals surface area (Å²) in [5, 5.41) is 0. The van der Waals surface area contributed by atoms with Crippen LogP contribution in [-0.2, 0) is 14.4 Å². The molecule has 1 aliphatic heterocycles. The van der Waals surface area contributed by atoms with Crippen molar-refractivity contribution in [2.75, 3.05) is 47.3 Å². The fraction of sp³-hybridized carbons (Fsp3) is 0.457. The van der Waals surface area contributed by atoms with Gasteiger partial charge in [0.2, 0.25) is 17.7 Å². The van der Waals surface area contributed by atoms with Crippen molar-refractivity contribution in [2.24, 2.45) is 11.7 Å². The zero-order valence-electron chi connectivity index (χ0n) is 26.3. The Labute approximate surface area is 256 Å². The van der Waals surface area contributed by atoms with Gasteiger partial charge < -0.3 is 25.3 Å². The van der Waals surface area contributed by atoms with Gasteiger partial charge in [-0.15, -0.1) is 0 Å². The maximum absolute atomic E-state index is 14.5. The zero-order chi connectivity index (χ0) is 31.1. The lowest BCUT2D eigenvalue weighted by Crippen LogP contribution is -2.54. The first kappa shape index (κ1) is 32.2. The molecule has 1 aromatic carbocycles. The van der Waals surface area contributed by atoms with E-state index in [0.29, 0.717) is 31.8 Å². The first-order valence-corrected chi connectivity index (χ1v) is 15.2. The number of rotatable bonds is 10. The summed E-state index contributed by atoms with van der Waals surface area (Å²) >= 11 is 0. The van der Waals surface area contributed by atoms with Gasteiger partial charge in [0.1, 0.15) is 12.1 Å². The molecule has 2 N–H and O–H groups in total. The highest BCUT2D eigenvalue weighted by molar-refractivity contribution is 5.95. The average molecular weight is 586 g/mol. The van der Waals surface area contributed by atoms with Crippen LogP contribution < -0.4 is 5.73 Å². The first-order chi connectivity index (χ1) is 20.4. The number of carbonyl (C=O) groups is 3. The molecule has 3 atom stereocenters. The van der Waals surface area contributed by atoms with Gasteiger partial charge >= 0.3 is 0 Å². The second kappa shape index (κ2) is 14.1. The molecule has 0 saturated carbocycles. The molecule has 8 nitrogen and oxygen atoms in total. The van der Waals surface area contributed by atoms with E-state index in [-0.39, 0.29) is 17.7 Å². The van der Waals surface area contributed by atoms with Gasteiger partial charge in [-0.25, -0.2) is 0 Å². The minimum absolute atomic E-state index is 0.105. The molecule has 0 spiro atoms. The lowest BCUT2D eigenvalue weighted by molar-refractivity contribution is -0.150. The molecule has 230 valence electrons. The quantitative estimate of drug-likeness (QED) is 0.422. The molecule has 0 radical (unpaired) electrons. The molecule has 3 aliphatic rings. The summed E-state index contributed by atoms with van der Waals surface area (Å²) in [4.78, 5) is 49.0. The smallest absolute Gasteiger partial charge is 0.250 e. The Kier molecular flexibility index (Phi) is 10.6. The number of allylic oxidation sites excluding steroid dienone is 7. The maximum Gasteiger partial charge on any atom is 0.250 e. The highest BCUT2D eigenvalue weighted by Crippen LogP contribution is 2.31. The fourth-order valence-corrected chi connectivity index (χ4v) is 5.71. The average Bonchev–Trinajstić information content (AvgIpc) is 2.99. The van der Waals surface area contributed by atoms with E-state index >= 15 is 0 Å². The number of fused-ring (bicyclic) bond motifs is 1. The van der Waals surface area contributed by atoms with Gasteiger partial charge in [0, 0.05) is 58.2 Å². The largest absolute Gasteiger partial charge is 0.338 e. The molecule has 1 fully saturated rings. The maximum atomic E-state index is 14.5. The van der Waals surface area contributed by atoms with Crippen LogP contribution in [0.5, 0.6) is 0 Å². The number of nitrogens with zero attached hydrogens (tertiary/aromatic N) is 4. The summed E-state index contributed by atoms with van der Waals surface area (Å²) in [6.45, 7) is 6.57. The van der Waals surface area contributed by atoms with E-state index in [2.05, 4.69) is 41.4 Å². The van der Waals surface area contributed by atoms with E-state index in [9.17, 15) is 14.4 Å². The minimum atomic E-state index is -0.813. The monoisotopic (exact) mass is 585 g/mol. The van der Waals surface area contributed by atoms with Crippen molar-refractivity contribution in [3.63, 3.8) is 0 Å². The molecular formula is C35H47N5O3. The Morgan fingerprint density at radius 3 is 2.44 bits per heavy atom. The molecule has 0 bridgehead atoms. The van der Waals surface area contributed by atoms with Crippen LogP contribution in [-0.4, -0.2) is 96.2 Å². The highest BCUT2D eigenvalue weighted by Gasteiger charge is 2.38. The predicted molar refractivity (Wildman–Crippen MR) is 172 cm³/mol. The summed E-state index contributed by atoms with van der Waals surface area (Å²) in [6, 6.07) is 7.83. The molecule has 2 aliphatic carbocycles. The predicted octanol–water partition coefficient (Wildman–Crippen LogP) is 3.86. The third kappa shape index (κ3) is 8.42. The standard InChI is InChI=1S/C35H47N5O3/c1-35(2,36)19-11-16-31(41)38(4)30(25-26-17-18-27-12-9-10-15-29(27)24-26)33(42)39(5)32(28-13-7-6-8-14-28)34(43)40-22-20-37(3)21-23-40/h6-11,13-18,24,27,30,32H,12,19-23,25,36H2,1-5H3/b16-11+/t27?,30-,32?/m1/s1. The van der Waals surface area contributed by atoms with E-state index < -0.39 is 17.6 Å². The lowest BCUT2D eigenvalue weighted by Gasteiger charge is -2.39. The third-order valence-electron chi connectivity index (χ3n) is 8.47. The summed E-state index contributed by atoms with van der Waals surface area (Å²) in [6.07, 6.45) is 17.7. The minimum Gasteiger partial charge on any atom is -0.338 e. The second-order valence-electron chi connectivity index (χ2n) is 12.7. The van der Waals surface area contributed by atoms with Crippen LogP contribution in [0.1, 0.15) is 44.7 Å². The molecule has 1 heterocycles. The van der Waals surface area contributed by atoms with E-state index in [1.54, 1.807) is 20.2 Å². The van der Waals surface area contributed by atoms with Crippen molar-refractivity contribution in [2.45, 2.75) is 50.7 Å². The number of hydrogen-bond acceptors (Lipinski definition) is 5. The summed E-state index contributed by atoms with van der Waals surface area (Å²) in [7, 11) is 5.39. The molecule has 8 heteroatoms. The Morgan fingerprint density at radius 1 is 1.07 bits per heavy atom. The van der Waals surface area contributed by atoms with Crippen molar-refractivity contribution < 1.29 is 14.4 Å². The highest BCUT2D eigenvalue weighted by atomic mass is 16.2. The molecule has 0 aromatic heterocycles. The molecule has 4 rings (SSSR count). The van der Waals surface area contributed by atoms with Crippen LogP contribution in [0.25, 0.3) is 0 Å². The molecule has 1 saturated heterocycles. The van der Waals surface area contributed by atoms with E-state index in [1.807, 2.05) is 56.1 Å². The molecule has 1 aromatic rings. The van der Waals surface area contributed by atoms with Gasteiger partial charge in [0.25, 0.3) is 0 Å². The Bertz CT molecular complexity index is 1310. The van der Waals surface area contributed by atoms with Crippen molar-refractivity contribution in [1.82, 2.24) is 19.6 Å². The number of piperazine rings is 1. The number of carbonyl (C=O) groups excluding carboxylic acids is 3. The normalized spacial score (nSPS) is 20.2. The number of benzene rings is 1. The van der Waals surface area contributed by atoms with Crippen LogP contribution in [0, 0.1) is 5.92 Å². The Hall–Kier alpha value is -3.75. The van der Waals surface area contributed by atoms with Crippen LogP contribution in [0.3, 0.4) is 0 Å². The van der Waals surface area contributed by atoms with E-state index in [1.165, 1.54) is 21.4 Å². The summed E-state index contributed by atoms with van der Waals surface area (Å²) in [5.41, 5.74) is 8.58. The van der Waals surface area contributed by atoms with Crippen LogP contribution >= 0.6 is 0 Å². The Balaban J connectivity index is 1.65. The molecule has 3 amide bonds. The molecule has 43 heavy (non-hydrogen) atoms. The lowest BCUT2D eigenvalue weighted by atomic mass is 9.84. The van der Waals surface area contributed by atoms with Gasteiger partial charge in [-0.05, 0) is 56.5 Å². The van der Waals surface area contributed by atoms with E-state index in [0.717, 1.165) is 30.6 Å². The van der Waals surface area contributed by atoms with Crippen LogP contribution in [0.4, 0.5) is 0 Å². The zero-order valence-corrected chi connectivity index (χ0v) is 26.3. The number of likely N-dealkylation sites (N-methyl/N-ethyl adjacent to an activating group) is 3. The topological polar surface area (TPSA) is 90.2 Å². The summed E-state index contributed by atoms with van der Waals surface area (Å²) in [5.74, 6) is -0.340. The van der Waals surface area contributed by atoms with Gasteiger partial charge in [0.05, 0.1) is 0 Å². The number of hydrogen-bond donors (Lipinski definition) is 1. The van der Waals surface area contributed by atoms with Crippen molar-refractivity contribution in [3.8, 4) is 0 Å². The van der Waals surface area contributed by atoms with Crippen molar-refractivity contribution >= 4 is 17.7 Å². The fourth-order valence-electron chi connectivity index (χ4n) is 5.71. The molecular weight excluding hydrogens is 538 g/mol. The van der Waals surface area contributed by atoms with Gasteiger partial charge in [-0.1, -0.05) is 72.9 Å².